The van der Waals surface area contributed by atoms with Gasteiger partial charge in [-0.2, -0.15) is 0 Å². The minimum atomic E-state index is -5.82. The quantitative estimate of drug-likeness (QED) is 0.0995. The Bertz CT molecular complexity index is 1490. The first-order chi connectivity index (χ1) is 20.6. The second-order valence-electron chi connectivity index (χ2n) is 11.1. The zero-order valence-electron chi connectivity index (χ0n) is 23.9. The SMILES string of the molecule is CC(C)P(=[NH+][B-](c1c(F)c(F)c(F)c(F)c1F)(c1c(F)c(F)c(F)c(F)c1F)c1c(F)c(F)c(F)c(F)c1F)(C(C)C)C(C)C. The minimum Gasteiger partial charge on any atom is -0.481 e. The summed E-state index contributed by atoms with van der Waals surface area (Å²) < 4.78 is 228. The van der Waals surface area contributed by atoms with Crippen molar-refractivity contribution < 1.29 is 70.5 Å². The molecule has 0 amide bonds. The highest BCUT2D eigenvalue weighted by molar-refractivity contribution is 7.66. The molecular weight excluding hydrogens is 665 g/mol. The topological polar surface area (TPSA) is 14.0 Å². The van der Waals surface area contributed by atoms with E-state index in [-0.39, 0.29) is 0 Å². The summed E-state index contributed by atoms with van der Waals surface area (Å²) in [6.45, 7) is 7.90. The van der Waals surface area contributed by atoms with Crippen LogP contribution in [0.3, 0.4) is 0 Å². The number of benzene rings is 3. The van der Waals surface area contributed by atoms with Crippen LogP contribution in [-0.4, -0.2) is 23.3 Å². The lowest BCUT2D eigenvalue weighted by molar-refractivity contribution is -0.276. The molecule has 0 saturated carbocycles. The number of hydrogen-bond donors (Lipinski definition) is 1. The molecule has 0 unspecified atom stereocenters. The number of rotatable bonds is 7. The molecular formula is C27H22BF15NP. The highest BCUT2D eigenvalue weighted by Crippen LogP contribution is 2.56. The molecule has 248 valence electrons. The van der Waals surface area contributed by atoms with Gasteiger partial charge in [-0.3, -0.25) is 0 Å². The summed E-state index contributed by atoms with van der Waals surface area (Å²) in [5, 5.41) is 0. The largest absolute Gasteiger partial charge is 0.481 e. The van der Waals surface area contributed by atoms with Crippen LogP contribution in [0.25, 0.3) is 0 Å². The van der Waals surface area contributed by atoms with Crippen molar-refractivity contribution in [2.75, 3.05) is 0 Å². The van der Waals surface area contributed by atoms with Gasteiger partial charge < -0.3 is 4.66 Å². The van der Waals surface area contributed by atoms with Gasteiger partial charge in [0, 0.05) is 17.0 Å². The maximum atomic E-state index is 15.8. The van der Waals surface area contributed by atoms with E-state index < -0.39 is 134 Å². The number of hydrogen-bond acceptors (Lipinski definition) is 0. The van der Waals surface area contributed by atoms with Crippen molar-refractivity contribution in [3.63, 3.8) is 0 Å². The lowest BCUT2D eigenvalue weighted by Crippen LogP contribution is -3.04. The first-order valence-electron chi connectivity index (χ1n) is 13.0. The zero-order valence-corrected chi connectivity index (χ0v) is 24.8. The van der Waals surface area contributed by atoms with Gasteiger partial charge in [0.2, 0.25) is 0 Å². The van der Waals surface area contributed by atoms with Gasteiger partial charge in [-0.1, -0.05) is 41.5 Å². The van der Waals surface area contributed by atoms with E-state index in [1.165, 1.54) is 41.5 Å². The van der Waals surface area contributed by atoms with Crippen molar-refractivity contribution in [1.29, 1.82) is 0 Å². The molecule has 0 bridgehead atoms. The summed E-state index contributed by atoms with van der Waals surface area (Å²) in [7, 11) is -3.81. The van der Waals surface area contributed by atoms with Crippen LogP contribution in [0.5, 0.6) is 0 Å². The van der Waals surface area contributed by atoms with Crippen LogP contribution in [0.15, 0.2) is 0 Å². The molecule has 0 spiro atoms. The summed E-state index contributed by atoms with van der Waals surface area (Å²) in [5.74, 6) is -45.2. The van der Waals surface area contributed by atoms with E-state index in [1.54, 1.807) is 0 Å². The molecule has 3 aromatic carbocycles. The molecule has 45 heavy (non-hydrogen) atoms. The van der Waals surface area contributed by atoms with Gasteiger partial charge in [-0.15, -0.1) is 0 Å². The average molecular weight is 687 g/mol. The molecule has 0 radical (unpaired) electrons. The molecule has 0 fully saturated rings. The maximum absolute atomic E-state index is 15.8. The standard InChI is InChI=1S/C27H22BF15NP/c1-7(2)45(8(3)4,9(5)6)44-28(10-13(29)19(35)25(41)20(36)14(10)30,11-15(31)21(37)26(42)22(38)16(11)32)12-17(33)23(39)27(43)24(40)18(12)34/h7-9,44H,1-6H3. The van der Waals surface area contributed by atoms with Crippen molar-refractivity contribution in [3.8, 4) is 0 Å². The Kier molecular flexibility index (Phi) is 9.91. The van der Waals surface area contributed by atoms with Crippen LogP contribution >= 0.6 is 7.05 Å². The van der Waals surface area contributed by atoms with Gasteiger partial charge >= 0.3 is 6.28 Å². The molecule has 0 aliphatic heterocycles. The highest BCUT2D eigenvalue weighted by atomic mass is 31.2. The predicted octanol–water partition coefficient (Wildman–Crippen LogP) is 6.25. The fourth-order valence-electron chi connectivity index (χ4n) is 6.20. The van der Waals surface area contributed by atoms with E-state index in [1.807, 2.05) is 0 Å². The fraction of sp³-hybridized carbons (Fsp3) is 0.333. The van der Waals surface area contributed by atoms with Crippen LogP contribution in [0.1, 0.15) is 41.5 Å². The van der Waals surface area contributed by atoms with Gasteiger partial charge in [-0.25, -0.2) is 65.9 Å². The van der Waals surface area contributed by atoms with Gasteiger partial charge in [0.05, 0.1) is 7.05 Å². The second kappa shape index (κ2) is 12.3. The van der Waals surface area contributed by atoms with Gasteiger partial charge in [0.1, 0.15) is 34.9 Å². The monoisotopic (exact) mass is 687 g/mol. The Morgan fingerprint density at radius 2 is 0.489 bits per heavy atom. The first-order valence-corrected chi connectivity index (χ1v) is 14.9. The van der Waals surface area contributed by atoms with Crippen LogP contribution in [0.2, 0.25) is 0 Å². The van der Waals surface area contributed by atoms with Crippen LogP contribution < -0.4 is 21.0 Å². The van der Waals surface area contributed by atoms with E-state index >= 15 is 26.3 Å². The minimum absolute atomic E-state index is 0.984. The third-order valence-electron chi connectivity index (χ3n) is 8.01. The summed E-state index contributed by atoms with van der Waals surface area (Å²) in [4.78, 5) is 0. The summed E-state index contributed by atoms with van der Waals surface area (Å²) in [6, 6.07) is 0. The molecule has 0 heterocycles. The molecule has 0 aliphatic rings. The van der Waals surface area contributed by atoms with E-state index in [4.69, 9.17) is 0 Å². The molecule has 0 aliphatic carbocycles. The summed E-state index contributed by atoms with van der Waals surface area (Å²) >= 11 is 0. The second-order valence-corrected chi connectivity index (χ2v) is 16.1. The van der Waals surface area contributed by atoms with E-state index in [9.17, 15) is 39.5 Å². The lowest BCUT2D eigenvalue weighted by atomic mass is 9.24. The van der Waals surface area contributed by atoms with Crippen molar-refractivity contribution >= 4 is 29.7 Å². The molecule has 0 aromatic heterocycles. The predicted molar refractivity (Wildman–Crippen MR) is 137 cm³/mol. The molecule has 1 nitrogen and oxygen atoms in total. The third kappa shape index (κ3) is 5.03. The van der Waals surface area contributed by atoms with E-state index in [0.29, 0.717) is 0 Å². The Morgan fingerprint density at radius 1 is 0.333 bits per heavy atom. The molecule has 0 atom stereocenters. The normalized spacial score (nSPS) is 12.7. The third-order valence-corrected chi connectivity index (χ3v) is 14.0. The van der Waals surface area contributed by atoms with Crippen molar-refractivity contribution in [2.45, 2.75) is 58.5 Å². The van der Waals surface area contributed by atoms with E-state index in [2.05, 4.69) is 4.66 Å². The molecule has 3 rings (SSSR count). The first kappa shape index (κ1) is 36.4. The molecule has 1 N–H and O–H groups in total. The fourth-order valence-corrected chi connectivity index (χ4v) is 11.7. The van der Waals surface area contributed by atoms with Crippen molar-refractivity contribution in [3.05, 3.63) is 87.3 Å². The highest BCUT2D eigenvalue weighted by Gasteiger charge is 2.56. The van der Waals surface area contributed by atoms with Crippen molar-refractivity contribution in [1.82, 2.24) is 0 Å². The number of halogens is 15. The van der Waals surface area contributed by atoms with Crippen molar-refractivity contribution in [2.24, 2.45) is 0 Å². The summed E-state index contributed by atoms with van der Waals surface area (Å²) in [6.07, 6.45) is -5.82. The molecule has 18 heteroatoms. The Hall–Kier alpha value is -3.10. The van der Waals surface area contributed by atoms with Gasteiger partial charge in [0.15, 0.2) is 52.4 Å². The lowest BCUT2D eigenvalue weighted by Gasteiger charge is -2.42. The Morgan fingerprint density at radius 3 is 0.644 bits per heavy atom. The summed E-state index contributed by atoms with van der Waals surface area (Å²) in [5.41, 5.74) is -10.9. The van der Waals surface area contributed by atoms with E-state index in [0.717, 1.165) is 0 Å². The number of nitrogens with one attached hydrogen (secondary N) is 1. The molecule has 0 saturated heterocycles. The molecule has 3 aromatic rings. The van der Waals surface area contributed by atoms with Gasteiger partial charge in [0.25, 0.3) is 0 Å². The van der Waals surface area contributed by atoms with Crippen LogP contribution in [0.4, 0.5) is 65.9 Å². The Balaban J connectivity index is 3.15. The Labute approximate surface area is 246 Å². The zero-order chi connectivity index (χ0) is 34.8. The smallest absolute Gasteiger partial charge is 0.366 e. The average Bonchev–Trinajstić information content (AvgIpc) is 2.97. The van der Waals surface area contributed by atoms with Gasteiger partial charge in [-0.05, 0) is 16.4 Å². The van der Waals surface area contributed by atoms with Crippen LogP contribution in [-0.2, 0) is 0 Å². The van der Waals surface area contributed by atoms with Crippen LogP contribution in [0, 0.1) is 87.3 Å². The maximum Gasteiger partial charge on any atom is 0.366 e.